The van der Waals surface area contributed by atoms with Crippen LogP contribution < -0.4 is 4.74 Å². The number of aromatic nitrogens is 4. The van der Waals surface area contributed by atoms with Crippen molar-refractivity contribution in [3.05, 3.63) is 11.1 Å². The Morgan fingerprint density at radius 1 is 0.810 bits per heavy atom. The van der Waals surface area contributed by atoms with Crippen LogP contribution in [0.5, 0.6) is 5.88 Å². The van der Waals surface area contributed by atoms with Gasteiger partial charge in [0.05, 0.1) is 20.0 Å². The molecule has 0 radical (unpaired) electrons. The molecule has 0 saturated carbocycles. The van der Waals surface area contributed by atoms with Crippen molar-refractivity contribution in [2.45, 2.75) is 141 Å². The molecule has 0 amide bonds. The molecule has 2 aromatic heterocycles. The summed E-state index contributed by atoms with van der Waals surface area (Å²) < 4.78 is 36.2. The SMILES string of the molecule is COc1nc(Br)nc2c1ncn2[C@@H]1O[C@H](CO[Si](C)(C)C(C)(C)C)[C@@H](O[Si](C)(C)C(C)(C)C)[C@H]1O[Si](C)(C)C(C)(C)C. The fraction of sp³-hybridized carbons (Fsp3) is 0.828. The lowest BCUT2D eigenvalue weighted by atomic mass is 10.1. The predicted molar refractivity (Wildman–Crippen MR) is 181 cm³/mol. The van der Waals surface area contributed by atoms with E-state index < -0.39 is 37.3 Å². The molecule has 0 aromatic carbocycles. The Morgan fingerprint density at radius 2 is 1.31 bits per heavy atom. The quantitative estimate of drug-likeness (QED) is 0.190. The topological polar surface area (TPSA) is 89.8 Å². The summed E-state index contributed by atoms with van der Waals surface area (Å²) >= 11 is 3.45. The average molecular weight is 704 g/mol. The van der Waals surface area contributed by atoms with Gasteiger partial charge in [0.2, 0.25) is 10.6 Å². The summed E-state index contributed by atoms with van der Waals surface area (Å²) in [6.07, 6.45) is 0.155. The van der Waals surface area contributed by atoms with E-state index in [1.54, 1.807) is 13.4 Å². The molecule has 0 N–H and O–H groups in total. The fourth-order valence-electron chi connectivity index (χ4n) is 4.07. The number of imidazole rings is 1. The smallest absolute Gasteiger partial charge is 0.246 e. The molecule has 9 nitrogen and oxygen atoms in total. The van der Waals surface area contributed by atoms with Crippen molar-refractivity contribution >= 4 is 52.0 Å². The molecular formula is C29H55BrN4O5Si3. The summed E-state index contributed by atoms with van der Waals surface area (Å²) in [5.41, 5.74) is 1.18. The lowest BCUT2D eigenvalue weighted by Gasteiger charge is -2.44. The second-order valence-corrected chi connectivity index (χ2v) is 31.2. The molecule has 2 aromatic rings. The summed E-state index contributed by atoms with van der Waals surface area (Å²) in [6, 6.07) is 0. The minimum atomic E-state index is -2.28. The van der Waals surface area contributed by atoms with Crippen LogP contribution in [-0.4, -0.2) is 76.5 Å². The molecule has 1 aliphatic rings. The maximum Gasteiger partial charge on any atom is 0.246 e. The van der Waals surface area contributed by atoms with Gasteiger partial charge in [-0.3, -0.25) is 4.57 Å². The van der Waals surface area contributed by atoms with Crippen LogP contribution in [0.1, 0.15) is 68.5 Å². The van der Waals surface area contributed by atoms with Gasteiger partial charge in [-0.15, -0.1) is 0 Å². The minimum absolute atomic E-state index is 0.00457. The predicted octanol–water partition coefficient (Wildman–Crippen LogP) is 8.30. The molecule has 1 fully saturated rings. The van der Waals surface area contributed by atoms with Crippen LogP contribution in [0.4, 0.5) is 0 Å². The average Bonchev–Trinajstić information content (AvgIpc) is 3.36. The molecule has 0 aliphatic carbocycles. The van der Waals surface area contributed by atoms with Crippen molar-refractivity contribution in [2.24, 2.45) is 0 Å². The summed E-state index contributed by atoms with van der Waals surface area (Å²) in [4.78, 5) is 13.7. The first-order valence-corrected chi connectivity index (χ1v) is 24.4. The maximum atomic E-state index is 7.27. The first kappa shape index (κ1) is 35.8. The van der Waals surface area contributed by atoms with E-state index >= 15 is 0 Å². The first-order valence-electron chi connectivity index (χ1n) is 14.9. The van der Waals surface area contributed by atoms with Crippen LogP contribution in [0.2, 0.25) is 54.4 Å². The van der Waals surface area contributed by atoms with Gasteiger partial charge in [0.25, 0.3) is 0 Å². The van der Waals surface area contributed by atoms with Crippen molar-refractivity contribution in [3.8, 4) is 5.88 Å². The maximum absolute atomic E-state index is 7.27. The van der Waals surface area contributed by atoms with E-state index in [1.165, 1.54) is 0 Å². The normalized spacial score (nSPS) is 23.2. The summed E-state index contributed by atoms with van der Waals surface area (Å²) in [5.74, 6) is 0.400. The first-order chi connectivity index (χ1) is 18.8. The number of rotatable bonds is 9. The van der Waals surface area contributed by atoms with Gasteiger partial charge in [0.1, 0.15) is 18.3 Å². The summed E-state index contributed by atoms with van der Waals surface area (Å²) in [5, 5.41) is 0.0585. The Bertz CT molecular complexity index is 1250. The number of fused-ring (bicyclic) bond motifs is 1. The molecule has 42 heavy (non-hydrogen) atoms. The zero-order valence-corrected chi connectivity index (χ0v) is 33.4. The largest absolute Gasteiger partial charge is 0.479 e. The monoisotopic (exact) mass is 702 g/mol. The van der Waals surface area contributed by atoms with E-state index in [9.17, 15) is 0 Å². The molecule has 0 spiro atoms. The number of halogens is 1. The molecule has 3 rings (SSSR count). The molecule has 1 saturated heterocycles. The zero-order valence-electron chi connectivity index (χ0n) is 28.8. The highest BCUT2D eigenvalue weighted by Crippen LogP contribution is 2.47. The Balaban J connectivity index is 2.19. The summed E-state index contributed by atoms with van der Waals surface area (Å²) in [7, 11) is -5.01. The van der Waals surface area contributed by atoms with Crippen LogP contribution in [0, 0.1) is 0 Å². The number of ether oxygens (including phenoxy) is 2. The van der Waals surface area contributed by atoms with E-state index in [0.717, 1.165) is 0 Å². The highest BCUT2D eigenvalue weighted by molar-refractivity contribution is 9.10. The van der Waals surface area contributed by atoms with Crippen molar-refractivity contribution < 1.29 is 22.8 Å². The van der Waals surface area contributed by atoms with Crippen LogP contribution in [0.3, 0.4) is 0 Å². The standard InChI is InChI=1S/C29H55BrN4O5Si3/c1-27(2,3)40(11,12)36-17-19-21(38-41(13,14)28(4,5)6)22(39-42(15,16)29(7,8)9)25(37-19)34-18-31-20-23(34)32-26(30)33-24(20)35-10/h18-19,21-22,25H,17H2,1-16H3/t19-,21-,22-,25-/m1/s1. The molecule has 4 atom stereocenters. The molecule has 240 valence electrons. The van der Waals surface area contributed by atoms with Gasteiger partial charge in [0.15, 0.2) is 42.3 Å². The van der Waals surface area contributed by atoms with Gasteiger partial charge in [-0.2, -0.15) is 4.98 Å². The molecule has 13 heteroatoms. The third kappa shape index (κ3) is 7.24. The molecule has 0 bridgehead atoms. The molecule has 1 aliphatic heterocycles. The minimum Gasteiger partial charge on any atom is -0.479 e. The number of hydrogen-bond acceptors (Lipinski definition) is 8. The van der Waals surface area contributed by atoms with Crippen LogP contribution in [0.15, 0.2) is 11.1 Å². The van der Waals surface area contributed by atoms with Crippen molar-refractivity contribution in [3.63, 3.8) is 0 Å². The Labute approximate surface area is 265 Å². The van der Waals surface area contributed by atoms with Crippen LogP contribution >= 0.6 is 15.9 Å². The van der Waals surface area contributed by atoms with Crippen LogP contribution in [0.25, 0.3) is 11.2 Å². The Morgan fingerprint density at radius 3 is 1.79 bits per heavy atom. The lowest BCUT2D eigenvalue weighted by molar-refractivity contribution is -0.0470. The van der Waals surface area contributed by atoms with Crippen molar-refractivity contribution in [1.29, 1.82) is 0 Å². The third-order valence-electron chi connectivity index (χ3n) is 10.0. The number of hydrogen-bond donors (Lipinski definition) is 0. The van der Waals surface area contributed by atoms with E-state index in [-0.39, 0.29) is 27.3 Å². The van der Waals surface area contributed by atoms with Crippen LogP contribution in [-0.2, 0) is 18.0 Å². The molecule has 3 heterocycles. The molecular weight excluding hydrogens is 649 g/mol. The van der Waals surface area contributed by atoms with Crippen molar-refractivity contribution in [2.75, 3.05) is 13.7 Å². The second-order valence-electron chi connectivity index (χ2n) is 16.1. The van der Waals surface area contributed by atoms with Gasteiger partial charge < -0.3 is 22.8 Å². The number of methoxy groups -OCH3 is 1. The number of nitrogens with zero attached hydrogens (tertiary/aromatic N) is 4. The van der Waals surface area contributed by atoms with Gasteiger partial charge in [-0.1, -0.05) is 62.3 Å². The third-order valence-corrected chi connectivity index (χ3v) is 23.8. The fourth-order valence-corrected chi connectivity index (χ4v) is 8.02. The highest BCUT2D eigenvalue weighted by atomic mass is 79.9. The van der Waals surface area contributed by atoms with E-state index in [1.807, 2.05) is 4.57 Å². The Hall–Kier alpha value is -0.679. The Kier molecular flexibility index (Phi) is 10.2. The van der Waals surface area contributed by atoms with E-state index in [4.69, 9.17) is 27.7 Å². The van der Waals surface area contributed by atoms with Crippen molar-refractivity contribution in [1.82, 2.24) is 19.5 Å². The zero-order chi connectivity index (χ0) is 32.3. The van der Waals surface area contributed by atoms with E-state index in [0.29, 0.717) is 28.4 Å². The van der Waals surface area contributed by atoms with Gasteiger partial charge in [-0.25, -0.2) is 9.97 Å². The van der Waals surface area contributed by atoms with Gasteiger partial charge in [0, 0.05) is 0 Å². The lowest BCUT2D eigenvalue weighted by Crippen LogP contribution is -2.54. The highest BCUT2D eigenvalue weighted by Gasteiger charge is 2.55. The van der Waals surface area contributed by atoms with Gasteiger partial charge in [-0.05, 0) is 70.3 Å². The molecule has 0 unspecified atom stereocenters. The van der Waals surface area contributed by atoms with Gasteiger partial charge >= 0.3 is 0 Å². The second kappa shape index (κ2) is 11.9. The van der Waals surface area contributed by atoms with E-state index in [2.05, 4.69) is 127 Å². The summed E-state index contributed by atoms with van der Waals surface area (Å²) in [6.45, 7) is 34.5.